The van der Waals surface area contributed by atoms with Crippen molar-refractivity contribution in [1.82, 2.24) is 14.5 Å². The Bertz CT molecular complexity index is 1020. The van der Waals surface area contributed by atoms with Gasteiger partial charge in [0.05, 0.1) is 18.2 Å². The van der Waals surface area contributed by atoms with Crippen LogP contribution in [0, 0.1) is 10.9 Å². The van der Waals surface area contributed by atoms with E-state index in [9.17, 15) is 18.4 Å². The molecule has 0 N–H and O–H groups in total. The van der Waals surface area contributed by atoms with Crippen LogP contribution in [0.25, 0.3) is 16.2 Å². The van der Waals surface area contributed by atoms with Crippen molar-refractivity contribution in [3.8, 4) is 5.13 Å². The van der Waals surface area contributed by atoms with Crippen molar-refractivity contribution >= 4 is 39.9 Å². The first-order valence-corrected chi connectivity index (χ1v) is 7.82. The van der Waals surface area contributed by atoms with Crippen LogP contribution in [-0.2, 0) is 4.74 Å². The number of aromatic nitrogens is 3. The third kappa shape index (κ3) is 2.76. The molecule has 0 aliphatic heterocycles. The fraction of sp³-hybridized carbons (Fsp3) is 0.143. The number of pyridine rings is 2. The van der Waals surface area contributed by atoms with Gasteiger partial charge in [0.1, 0.15) is 5.56 Å². The van der Waals surface area contributed by atoms with Crippen LogP contribution in [0.5, 0.6) is 0 Å². The fourth-order valence-corrected chi connectivity index (χ4v) is 2.82. The third-order valence-corrected chi connectivity index (χ3v) is 4.11. The number of hydrogen-bond acceptors (Lipinski definition) is 6. The Morgan fingerprint density at radius 1 is 1.46 bits per heavy atom. The summed E-state index contributed by atoms with van der Waals surface area (Å²) in [6.45, 7) is 1.63. The number of halogens is 3. The molecule has 0 aliphatic carbocycles. The smallest absolute Gasteiger partial charge is 0.343 e. The summed E-state index contributed by atoms with van der Waals surface area (Å²) < 4.78 is 33.0. The summed E-state index contributed by atoms with van der Waals surface area (Å²) in [6.07, 6.45) is 2.10. The normalized spacial score (nSPS) is 11.0. The van der Waals surface area contributed by atoms with Crippen molar-refractivity contribution in [1.29, 1.82) is 0 Å². The number of nitrogens with zero attached hydrogens (tertiary/aromatic N) is 3. The van der Waals surface area contributed by atoms with Crippen molar-refractivity contribution in [3.05, 3.63) is 50.3 Å². The number of rotatable bonds is 3. The van der Waals surface area contributed by atoms with E-state index in [2.05, 4.69) is 9.97 Å². The van der Waals surface area contributed by atoms with E-state index in [1.807, 2.05) is 0 Å². The molecule has 3 rings (SSSR count). The maximum atomic E-state index is 13.7. The first kappa shape index (κ1) is 16.5. The molecule has 0 fully saturated rings. The van der Waals surface area contributed by atoms with Crippen LogP contribution < -0.4 is 5.43 Å². The molecule has 0 saturated heterocycles. The van der Waals surface area contributed by atoms with Crippen LogP contribution in [0.2, 0.25) is 5.15 Å². The summed E-state index contributed by atoms with van der Waals surface area (Å²) in [5.41, 5.74) is -1.16. The Labute approximate surface area is 142 Å². The lowest BCUT2D eigenvalue weighted by Gasteiger charge is -2.10. The van der Waals surface area contributed by atoms with Gasteiger partial charge in [0.25, 0.3) is 0 Å². The predicted molar refractivity (Wildman–Crippen MR) is 83.9 cm³/mol. The first-order chi connectivity index (χ1) is 11.4. The molecule has 0 unspecified atom stereocenters. The Kier molecular flexibility index (Phi) is 4.29. The second-order valence-corrected chi connectivity index (χ2v) is 5.86. The summed E-state index contributed by atoms with van der Waals surface area (Å²) in [6, 6.07) is 0.871. The number of fused-ring (bicyclic) bond motifs is 1. The van der Waals surface area contributed by atoms with Crippen LogP contribution in [0.1, 0.15) is 17.3 Å². The molecule has 0 radical (unpaired) electrons. The number of carbonyl (C=O) groups is 1. The van der Waals surface area contributed by atoms with Gasteiger partial charge in [-0.3, -0.25) is 9.36 Å². The van der Waals surface area contributed by atoms with Crippen LogP contribution in [-0.4, -0.2) is 27.1 Å². The molecule has 3 aromatic heterocycles. The Balaban J connectivity index is 2.40. The van der Waals surface area contributed by atoms with E-state index in [1.165, 1.54) is 4.57 Å². The zero-order valence-electron chi connectivity index (χ0n) is 12.0. The molecule has 124 valence electrons. The molecule has 0 atom stereocenters. The Morgan fingerprint density at radius 2 is 2.21 bits per heavy atom. The maximum Gasteiger partial charge on any atom is 0.343 e. The highest BCUT2D eigenvalue weighted by atomic mass is 35.5. The lowest BCUT2D eigenvalue weighted by molar-refractivity contribution is 0.0524. The van der Waals surface area contributed by atoms with E-state index in [1.54, 1.807) is 6.92 Å². The van der Waals surface area contributed by atoms with Gasteiger partial charge in [0.2, 0.25) is 5.43 Å². The average molecular weight is 372 g/mol. The number of ether oxygens (including phenoxy) is 1. The van der Waals surface area contributed by atoms with Crippen LogP contribution in [0.3, 0.4) is 0 Å². The lowest BCUT2D eigenvalue weighted by Crippen LogP contribution is -2.21. The molecule has 3 heterocycles. The molecule has 10 heteroatoms. The molecule has 0 aromatic carbocycles. The third-order valence-electron chi connectivity index (χ3n) is 3.06. The van der Waals surface area contributed by atoms with E-state index >= 15 is 0 Å². The summed E-state index contributed by atoms with van der Waals surface area (Å²) in [5, 5.41) is -1.14. The van der Waals surface area contributed by atoms with Crippen molar-refractivity contribution in [2.24, 2.45) is 0 Å². The second kappa shape index (κ2) is 6.25. The van der Waals surface area contributed by atoms with Crippen LogP contribution in [0.15, 0.2) is 23.3 Å². The average Bonchev–Trinajstić information content (AvgIpc) is 2.96. The van der Waals surface area contributed by atoms with Gasteiger partial charge in [0.15, 0.2) is 26.9 Å². The van der Waals surface area contributed by atoms with Crippen molar-refractivity contribution in [2.75, 3.05) is 6.61 Å². The summed E-state index contributed by atoms with van der Waals surface area (Å²) >= 11 is 6.33. The predicted octanol–water partition coefficient (Wildman–Crippen LogP) is 2.95. The number of esters is 1. The van der Waals surface area contributed by atoms with Crippen molar-refractivity contribution < 1.29 is 18.3 Å². The van der Waals surface area contributed by atoms with Crippen molar-refractivity contribution in [3.63, 3.8) is 0 Å². The van der Waals surface area contributed by atoms with Gasteiger partial charge in [-0.1, -0.05) is 22.9 Å². The monoisotopic (exact) mass is 371 g/mol. The molecule has 0 aliphatic rings. The van der Waals surface area contributed by atoms with Gasteiger partial charge >= 0.3 is 5.97 Å². The molecule has 6 nitrogen and oxygen atoms in total. The number of thiazole rings is 1. The van der Waals surface area contributed by atoms with Gasteiger partial charge in [-0.05, 0) is 13.0 Å². The molecular formula is C14H8ClF2N3O3S. The van der Waals surface area contributed by atoms with E-state index < -0.39 is 27.5 Å². The van der Waals surface area contributed by atoms with Crippen LogP contribution in [0.4, 0.5) is 8.78 Å². The Morgan fingerprint density at radius 3 is 2.83 bits per heavy atom. The SMILES string of the molecule is CCOC(=O)c1cn(-c2ncc(F)s2)c2nc(Cl)c(F)cc2c1=O. The maximum absolute atomic E-state index is 13.7. The van der Waals surface area contributed by atoms with E-state index in [0.717, 1.165) is 18.5 Å². The van der Waals surface area contributed by atoms with E-state index in [-0.39, 0.29) is 28.3 Å². The van der Waals surface area contributed by atoms with Crippen molar-refractivity contribution in [2.45, 2.75) is 6.92 Å². The minimum absolute atomic E-state index is 0.0474. The highest BCUT2D eigenvalue weighted by Gasteiger charge is 2.21. The topological polar surface area (TPSA) is 74.1 Å². The fourth-order valence-electron chi connectivity index (χ4n) is 2.06. The van der Waals surface area contributed by atoms with Crippen LogP contribution >= 0.6 is 22.9 Å². The van der Waals surface area contributed by atoms with Gasteiger partial charge in [-0.15, -0.1) is 0 Å². The van der Waals surface area contributed by atoms with Gasteiger partial charge < -0.3 is 4.74 Å². The highest BCUT2D eigenvalue weighted by Crippen LogP contribution is 2.23. The Hall–Kier alpha value is -2.39. The van der Waals surface area contributed by atoms with Gasteiger partial charge in [-0.25, -0.2) is 19.2 Å². The molecule has 3 aromatic rings. The number of carbonyl (C=O) groups excluding carboxylic acids is 1. The molecule has 0 spiro atoms. The summed E-state index contributed by atoms with van der Waals surface area (Å²) in [7, 11) is 0. The highest BCUT2D eigenvalue weighted by molar-refractivity contribution is 7.12. The summed E-state index contributed by atoms with van der Waals surface area (Å²) in [5.74, 6) is -1.80. The summed E-state index contributed by atoms with van der Waals surface area (Å²) in [4.78, 5) is 32.1. The second-order valence-electron chi connectivity index (χ2n) is 4.54. The molecule has 0 amide bonds. The first-order valence-electron chi connectivity index (χ1n) is 6.62. The molecular weight excluding hydrogens is 364 g/mol. The zero-order valence-corrected chi connectivity index (χ0v) is 13.6. The molecule has 0 saturated carbocycles. The zero-order chi connectivity index (χ0) is 17.4. The van der Waals surface area contributed by atoms with Gasteiger partial charge in [-0.2, -0.15) is 4.39 Å². The largest absolute Gasteiger partial charge is 0.462 e. The molecule has 0 bridgehead atoms. The number of hydrogen-bond donors (Lipinski definition) is 0. The lowest BCUT2D eigenvalue weighted by atomic mass is 10.2. The standard InChI is InChI=1S/C14H8ClF2N3O3S/c1-2-23-13(22)7-5-20(14-18-4-9(17)24-14)12-6(10(7)21)3-8(16)11(15)19-12/h3-5H,2H2,1H3. The van der Waals surface area contributed by atoms with Gasteiger partial charge in [0, 0.05) is 6.20 Å². The van der Waals surface area contributed by atoms with E-state index in [4.69, 9.17) is 16.3 Å². The minimum Gasteiger partial charge on any atom is -0.462 e. The minimum atomic E-state index is -0.917. The quantitative estimate of drug-likeness (QED) is 0.522. The van der Waals surface area contributed by atoms with E-state index in [0.29, 0.717) is 11.3 Å². The molecule has 24 heavy (non-hydrogen) atoms.